The molecular formula is C37H46N10O5S. The van der Waals surface area contributed by atoms with E-state index in [1.54, 1.807) is 12.5 Å². The number of anilines is 2. The number of aromatic amines is 1. The van der Waals surface area contributed by atoms with Crippen molar-refractivity contribution in [2.24, 2.45) is 0 Å². The van der Waals surface area contributed by atoms with Crippen molar-refractivity contribution in [3.05, 3.63) is 78.4 Å². The SMILES string of the molecule is C=C(CN1CCN(S(C)(=O)=O)CC1)C(=O)N[C@@H]1CCCN(Cc2ccnc(C(=O)Nc3ccc(-c4cc5c(N6CCOCC6)ncnc5[nH]4)cc3)c2)C1. The number of hydrogen-bond donors (Lipinski definition) is 3. The third kappa shape index (κ3) is 9.08. The molecule has 0 unspecified atom stereocenters. The van der Waals surface area contributed by atoms with Gasteiger partial charge < -0.3 is 25.3 Å². The molecule has 1 aromatic carbocycles. The van der Waals surface area contributed by atoms with Crippen molar-refractivity contribution in [1.29, 1.82) is 0 Å². The largest absolute Gasteiger partial charge is 0.378 e. The Morgan fingerprint density at radius 2 is 1.74 bits per heavy atom. The van der Waals surface area contributed by atoms with Crippen LogP contribution in [0.4, 0.5) is 11.5 Å². The van der Waals surface area contributed by atoms with Crippen LogP contribution in [0.25, 0.3) is 22.3 Å². The number of H-pyrrole nitrogens is 1. The summed E-state index contributed by atoms with van der Waals surface area (Å²) in [6.45, 7) is 11.5. The Bertz CT molecular complexity index is 2060. The van der Waals surface area contributed by atoms with Crippen LogP contribution >= 0.6 is 0 Å². The van der Waals surface area contributed by atoms with Crippen LogP contribution < -0.4 is 15.5 Å². The Labute approximate surface area is 309 Å². The van der Waals surface area contributed by atoms with Crippen LogP contribution in [-0.4, -0.2) is 139 Å². The third-order valence-electron chi connectivity index (χ3n) is 10.0. The number of piperazine rings is 1. The van der Waals surface area contributed by atoms with E-state index in [-0.39, 0.29) is 17.9 Å². The molecule has 3 aromatic heterocycles. The highest BCUT2D eigenvalue weighted by molar-refractivity contribution is 7.88. The lowest BCUT2D eigenvalue weighted by Crippen LogP contribution is -2.50. The van der Waals surface area contributed by atoms with E-state index in [9.17, 15) is 18.0 Å². The first-order valence-electron chi connectivity index (χ1n) is 18.0. The summed E-state index contributed by atoms with van der Waals surface area (Å²) in [6, 6.07) is 13.4. The first-order chi connectivity index (χ1) is 25.6. The van der Waals surface area contributed by atoms with Gasteiger partial charge in [-0.25, -0.2) is 18.4 Å². The van der Waals surface area contributed by atoms with Crippen LogP contribution in [0, 0.1) is 0 Å². The lowest BCUT2D eigenvalue weighted by Gasteiger charge is -2.35. The maximum atomic E-state index is 13.2. The van der Waals surface area contributed by atoms with Crippen molar-refractivity contribution < 1.29 is 22.7 Å². The van der Waals surface area contributed by atoms with E-state index in [0.717, 1.165) is 66.1 Å². The summed E-state index contributed by atoms with van der Waals surface area (Å²) in [5.74, 6) is 0.424. The molecule has 3 aliphatic rings. The highest BCUT2D eigenvalue weighted by atomic mass is 32.2. The summed E-state index contributed by atoms with van der Waals surface area (Å²) in [5, 5.41) is 7.07. The second-order valence-electron chi connectivity index (χ2n) is 13.9. The number of ether oxygens (including phenoxy) is 1. The summed E-state index contributed by atoms with van der Waals surface area (Å²) in [7, 11) is -3.21. The molecule has 0 aliphatic carbocycles. The molecule has 280 valence electrons. The van der Waals surface area contributed by atoms with Crippen molar-refractivity contribution in [1.82, 2.24) is 39.4 Å². The molecule has 3 fully saturated rings. The number of nitrogens with one attached hydrogen (secondary N) is 3. The van der Waals surface area contributed by atoms with Crippen LogP contribution in [0.1, 0.15) is 28.9 Å². The van der Waals surface area contributed by atoms with Crippen LogP contribution in [0.3, 0.4) is 0 Å². The van der Waals surface area contributed by atoms with Gasteiger partial charge in [0.25, 0.3) is 5.91 Å². The molecule has 4 aromatic rings. The Hall–Kier alpha value is -4.74. The molecule has 6 heterocycles. The number of rotatable bonds is 11. The number of aromatic nitrogens is 4. The fraction of sp³-hybridized carbons (Fsp3) is 0.432. The number of piperidine rings is 1. The normalized spacial score (nSPS) is 19.3. The standard InChI is InChI=1S/C37H46N10O5S/c1-26(22-44-12-14-47(15-13-44)53(2,50)51)36(48)42-30-4-3-11-45(24-30)23-27-9-10-38-33(20-27)37(49)41-29-7-5-28(6-8-29)32-21-31-34(43-32)39-25-40-35(31)46-16-18-52-19-17-46/h5-10,20-21,25,30H,1,3-4,11-19,22-24H2,2H3,(H,41,49)(H,42,48)(H,39,40,43)/t30-/m1/s1. The fourth-order valence-electron chi connectivity index (χ4n) is 7.16. The van der Waals surface area contributed by atoms with E-state index in [1.165, 1.54) is 10.6 Å². The quantitative estimate of drug-likeness (QED) is 0.193. The maximum absolute atomic E-state index is 13.2. The minimum atomic E-state index is -3.21. The van der Waals surface area contributed by atoms with E-state index in [0.29, 0.717) is 76.0 Å². The zero-order chi connectivity index (χ0) is 37.0. The van der Waals surface area contributed by atoms with Gasteiger partial charge in [-0.05, 0) is 60.8 Å². The van der Waals surface area contributed by atoms with E-state index in [1.807, 2.05) is 36.4 Å². The van der Waals surface area contributed by atoms with Crippen LogP contribution in [-0.2, 0) is 26.1 Å². The highest BCUT2D eigenvalue weighted by Gasteiger charge is 2.26. The maximum Gasteiger partial charge on any atom is 0.274 e. The Morgan fingerprint density at radius 1 is 0.962 bits per heavy atom. The number of hydrogen-bond acceptors (Lipinski definition) is 11. The van der Waals surface area contributed by atoms with E-state index in [4.69, 9.17) is 4.74 Å². The number of pyridine rings is 1. The van der Waals surface area contributed by atoms with E-state index < -0.39 is 10.0 Å². The van der Waals surface area contributed by atoms with Gasteiger partial charge in [0.05, 0.1) is 24.9 Å². The number of amides is 2. The van der Waals surface area contributed by atoms with E-state index in [2.05, 4.69) is 57.9 Å². The number of sulfonamides is 1. The first-order valence-corrected chi connectivity index (χ1v) is 19.9. The average molecular weight is 743 g/mol. The number of carbonyl (C=O) groups is 2. The monoisotopic (exact) mass is 742 g/mol. The molecular weight excluding hydrogens is 697 g/mol. The molecule has 0 radical (unpaired) electrons. The molecule has 16 heteroatoms. The first kappa shape index (κ1) is 36.6. The summed E-state index contributed by atoms with van der Waals surface area (Å²) < 4.78 is 30.6. The molecule has 1 atom stereocenters. The topological polar surface area (TPSA) is 169 Å². The zero-order valence-electron chi connectivity index (χ0n) is 30.0. The Balaban J connectivity index is 0.904. The lowest BCUT2D eigenvalue weighted by molar-refractivity contribution is -0.118. The summed E-state index contributed by atoms with van der Waals surface area (Å²) in [6.07, 6.45) is 6.25. The zero-order valence-corrected chi connectivity index (χ0v) is 30.8. The molecule has 3 saturated heterocycles. The van der Waals surface area contributed by atoms with Crippen molar-refractivity contribution in [3.63, 3.8) is 0 Å². The smallest absolute Gasteiger partial charge is 0.274 e. The van der Waals surface area contributed by atoms with Crippen molar-refractivity contribution in [2.45, 2.75) is 25.4 Å². The molecule has 2 amide bonds. The van der Waals surface area contributed by atoms with Gasteiger partial charge in [-0.2, -0.15) is 4.31 Å². The Kier molecular flexibility index (Phi) is 11.1. The minimum absolute atomic E-state index is 0.0215. The van der Waals surface area contributed by atoms with Gasteiger partial charge in [-0.3, -0.25) is 24.4 Å². The highest BCUT2D eigenvalue weighted by Crippen LogP contribution is 2.30. The predicted molar refractivity (Wildman–Crippen MR) is 203 cm³/mol. The number of nitrogens with zero attached hydrogens (tertiary/aromatic N) is 7. The molecule has 0 saturated carbocycles. The second-order valence-corrected chi connectivity index (χ2v) is 15.9. The van der Waals surface area contributed by atoms with Gasteiger partial charge in [0.1, 0.15) is 23.5 Å². The van der Waals surface area contributed by atoms with Gasteiger partial charge in [-0.15, -0.1) is 0 Å². The average Bonchev–Trinajstić information content (AvgIpc) is 3.60. The van der Waals surface area contributed by atoms with Crippen LogP contribution in [0.5, 0.6) is 0 Å². The van der Waals surface area contributed by atoms with Crippen molar-refractivity contribution >= 4 is 44.4 Å². The molecule has 0 bridgehead atoms. The number of benzene rings is 1. The molecule has 7 rings (SSSR count). The van der Waals surface area contributed by atoms with Gasteiger partial charge in [0.2, 0.25) is 15.9 Å². The molecule has 15 nitrogen and oxygen atoms in total. The molecule has 3 N–H and O–H groups in total. The lowest BCUT2D eigenvalue weighted by atomic mass is 10.0. The summed E-state index contributed by atoms with van der Waals surface area (Å²) in [5.41, 5.74) is 5.05. The minimum Gasteiger partial charge on any atom is -0.378 e. The fourth-order valence-corrected chi connectivity index (χ4v) is 7.98. The Morgan fingerprint density at radius 3 is 2.49 bits per heavy atom. The van der Waals surface area contributed by atoms with Gasteiger partial charge in [0, 0.05) is 88.1 Å². The van der Waals surface area contributed by atoms with Gasteiger partial charge in [0.15, 0.2) is 0 Å². The predicted octanol–water partition coefficient (Wildman–Crippen LogP) is 2.32. The van der Waals surface area contributed by atoms with Crippen LogP contribution in [0.15, 0.2) is 67.1 Å². The van der Waals surface area contributed by atoms with Crippen LogP contribution in [0.2, 0.25) is 0 Å². The van der Waals surface area contributed by atoms with Crippen molar-refractivity contribution in [2.75, 3.05) is 88.6 Å². The molecule has 0 spiro atoms. The number of likely N-dealkylation sites (tertiary alicyclic amines) is 1. The number of fused-ring (bicyclic) bond motifs is 1. The summed E-state index contributed by atoms with van der Waals surface area (Å²) >= 11 is 0. The summed E-state index contributed by atoms with van der Waals surface area (Å²) in [4.78, 5) is 49.5. The second kappa shape index (κ2) is 16.1. The third-order valence-corrected chi connectivity index (χ3v) is 11.3. The van der Waals surface area contributed by atoms with Gasteiger partial charge >= 0.3 is 0 Å². The number of carbonyl (C=O) groups excluding carboxylic acids is 2. The molecule has 3 aliphatic heterocycles. The van der Waals surface area contributed by atoms with E-state index >= 15 is 0 Å². The van der Waals surface area contributed by atoms with Gasteiger partial charge in [-0.1, -0.05) is 18.7 Å². The molecule has 53 heavy (non-hydrogen) atoms. The van der Waals surface area contributed by atoms with Crippen molar-refractivity contribution in [3.8, 4) is 11.3 Å². The number of morpholine rings is 1.